The third-order valence-electron chi connectivity index (χ3n) is 4.14. The van der Waals surface area contributed by atoms with Crippen LogP contribution in [0.3, 0.4) is 0 Å². The summed E-state index contributed by atoms with van der Waals surface area (Å²) in [6.45, 7) is 1.20. The molecule has 0 atom stereocenters. The summed E-state index contributed by atoms with van der Waals surface area (Å²) >= 11 is 0. The first kappa shape index (κ1) is 19.6. The first-order chi connectivity index (χ1) is 13.3. The average molecular weight is 396 g/mol. The van der Waals surface area contributed by atoms with Crippen LogP contribution >= 0.6 is 0 Å². The summed E-state index contributed by atoms with van der Waals surface area (Å²) < 4.78 is 60.8. The third-order valence-corrected chi connectivity index (χ3v) is 4.14. The molecule has 0 bridgehead atoms. The van der Waals surface area contributed by atoms with Crippen LogP contribution in [0.15, 0.2) is 41.2 Å². The second kappa shape index (κ2) is 7.83. The van der Waals surface area contributed by atoms with E-state index in [-0.39, 0.29) is 28.1 Å². The van der Waals surface area contributed by atoms with Gasteiger partial charge in [0, 0.05) is 18.2 Å². The predicted octanol–water partition coefficient (Wildman–Crippen LogP) is 3.73. The van der Waals surface area contributed by atoms with Gasteiger partial charge in [-0.25, -0.2) is 22.4 Å². The fraction of sp³-hybridized carbons (Fsp3) is 0.278. The maximum atomic E-state index is 13.5. The lowest BCUT2D eigenvalue weighted by Crippen LogP contribution is -2.23. The monoisotopic (exact) mass is 396 g/mol. The summed E-state index contributed by atoms with van der Waals surface area (Å²) in [4.78, 5) is 12.1. The minimum absolute atomic E-state index is 0.0408. The van der Waals surface area contributed by atoms with Crippen LogP contribution in [0.2, 0.25) is 0 Å². The van der Waals surface area contributed by atoms with Gasteiger partial charge in [-0.1, -0.05) is 23.8 Å². The van der Waals surface area contributed by atoms with Crippen molar-refractivity contribution < 1.29 is 22.3 Å². The largest absolute Gasteiger partial charge is 0.488 e. The van der Waals surface area contributed by atoms with E-state index in [1.54, 1.807) is 13.0 Å². The van der Waals surface area contributed by atoms with Crippen molar-refractivity contribution in [3.8, 4) is 11.4 Å². The number of tetrazole rings is 1. The Kier molecular flexibility index (Phi) is 5.48. The molecule has 10 heteroatoms. The molecule has 1 aromatic heterocycles. The number of hydrogen-bond donors (Lipinski definition) is 0. The van der Waals surface area contributed by atoms with E-state index < -0.39 is 25.1 Å². The molecule has 0 radical (unpaired) electrons. The number of hydrogen-bond acceptors (Lipinski definition) is 4. The molecule has 0 aliphatic rings. The van der Waals surface area contributed by atoms with Gasteiger partial charge in [-0.15, -0.1) is 0 Å². The Hall–Kier alpha value is -3.17. The zero-order chi connectivity index (χ0) is 20.4. The van der Waals surface area contributed by atoms with Crippen molar-refractivity contribution >= 4 is 0 Å². The topological polar surface area (TPSA) is 61.9 Å². The van der Waals surface area contributed by atoms with E-state index in [4.69, 9.17) is 4.74 Å². The molecule has 6 nitrogen and oxygen atoms in total. The lowest BCUT2D eigenvalue weighted by molar-refractivity contribution is 0.141. The summed E-state index contributed by atoms with van der Waals surface area (Å²) in [5, 5.41) is 7.22. The molecule has 28 heavy (non-hydrogen) atoms. The van der Waals surface area contributed by atoms with Gasteiger partial charge >= 0.3 is 5.69 Å². The summed E-state index contributed by atoms with van der Waals surface area (Å²) in [5.41, 5.74) is -0.755. The summed E-state index contributed by atoms with van der Waals surface area (Å²) in [6, 6.07) is 8.14. The Labute approximate surface area is 157 Å². The second-order valence-corrected chi connectivity index (χ2v) is 6.07. The molecule has 0 amide bonds. The number of aryl methyl sites for hydroxylation is 2. The van der Waals surface area contributed by atoms with Crippen LogP contribution in [0.5, 0.6) is 5.75 Å². The summed E-state index contributed by atoms with van der Waals surface area (Å²) in [6.07, 6.45) is -5.65. The van der Waals surface area contributed by atoms with Crippen molar-refractivity contribution in [3.63, 3.8) is 0 Å². The average Bonchev–Trinajstić information content (AvgIpc) is 2.99. The van der Waals surface area contributed by atoms with Gasteiger partial charge in [-0.05, 0) is 35.5 Å². The van der Waals surface area contributed by atoms with Crippen molar-refractivity contribution in [1.82, 2.24) is 19.8 Å². The molecule has 0 saturated heterocycles. The highest BCUT2D eigenvalue weighted by molar-refractivity contribution is 5.46. The number of halogens is 4. The standard InChI is InChI=1S/C18H16F4N4O2/c1-10-6-7-15(12(8-10)17(21)22)28-9-13-11(16(19)20)4-3-5-14(13)26-18(27)25(2)23-24-26/h3-8,16-17H,9H2,1-2H3. The Morgan fingerprint density at radius 3 is 2.36 bits per heavy atom. The Bertz CT molecular complexity index is 1050. The molecular formula is C18H16F4N4O2. The minimum Gasteiger partial charge on any atom is -0.488 e. The fourth-order valence-corrected chi connectivity index (χ4v) is 2.74. The molecule has 0 N–H and O–H groups in total. The van der Waals surface area contributed by atoms with Crippen LogP contribution in [0.1, 0.15) is 35.1 Å². The van der Waals surface area contributed by atoms with Crippen LogP contribution < -0.4 is 10.4 Å². The van der Waals surface area contributed by atoms with Gasteiger partial charge in [0.25, 0.3) is 12.9 Å². The quantitative estimate of drug-likeness (QED) is 0.596. The summed E-state index contributed by atoms with van der Waals surface area (Å²) in [5.74, 6) is -0.123. The number of alkyl halides is 4. The van der Waals surface area contributed by atoms with Gasteiger partial charge in [0.15, 0.2) is 0 Å². The maximum Gasteiger partial charge on any atom is 0.368 e. The van der Waals surface area contributed by atoms with Crippen molar-refractivity contribution in [2.24, 2.45) is 7.05 Å². The zero-order valence-electron chi connectivity index (χ0n) is 14.9. The van der Waals surface area contributed by atoms with E-state index in [1.165, 1.54) is 37.4 Å². The van der Waals surface area contributed by atoms with E-state index in [2.05, 4.69) is 10.4 Å². The lowest BCUT2D eigenvalue weighted by atomic mass is 10.1. The van der Waals surface area contributed by atoms with E-state index >= 15 is 0 Å². The first-order valence-corrected chi connectivity index (χ1v) is 8.20. The van der Waals surface area contributed by atoms with Gasteiger partial charge < -0.3 is 4.74 Å². The van der Waals surface area contributed by atoms with Gasteiger partial charge in [0.05, 0.1) is 11.3 Å². The summed E-state index contributed by atoms with van der Waals surface area (Å²) in [7, 11) is 1.36. The van der Waals surface area contributed by atoms with Crippen molar-refractivity contribution in [1.29, 1.82) is 0 Å². The fourth-order valence-electron chi connectivity index (χ4n) is 2.74. The molecule has 0 spiro atoms. The highest BCUT2D eigenvalue weighted by atomic mass is 19.3. The minimum atomic E-state index is -2.86. The Morgan fingerprint density at radius 1 is 1.04 bits per heavy atom. The zero-order valence-corrected chi connectivity index (χ0v) is 14.9. The van der Waals surface area contributed by atoms with Gasteiger partial charge in [0.1, 0.15) is 12.4 Å². The van der Waals surface area contributed by atoms with Gasteiger partial charge in [-0.2, -0.15) is 9.36 Å². The van der Waals surface area contributed by atoms with E-state index in [0.717, 1.165) is 9.36 Å². The van der Waals surface area contributed by atoms with Crippen LogP contribution in [0.25, 0.3) is 5.69 Å². The van der Waals surface area contributed by atoms with Gasteiger partial charge in [-0.3, -0.25) is 0 Å². The molecule has 0 saturated carbocycles. The molecule has 1 heterocycles. The number of ether oxygens (including phenoxy) is 1. The normalized spacial score (nSPS) is 11.4. The van der Waals surface area contributed by atoms with Gasteiger partial charge in [0.2, 0.25) is 0 Å². The second-order valence-electron chi connectivity index (χ2n) is 6.07. The van der Waals surface area contributed by atoms with Crippen molar-refractivity contribution in [2.75, 3.05) is 0 Å². The van der Waals surface area contributed by atoms with Crippen LogP contribution in [-0.4, -0.2) is 19.8 Å². The van der Waals surface area contributed by atoms with Crippen LogP contribution in [-0.2, 0) is 13.7 Å². The lowest BCUT2D eigenvalue weighted by Gasteiger charge is -2.16. The van der Waals surface area contributed by atoms with E-state index in [0.29, 0.717) is 5.56 Å². The Balaban J connectivity index is 2.04. The number of aromatic nitrogens is 4. The Morgan fingerprint density at radius 2 is 1.75 bits per heavy atom. The SMILES string of the molecule is Cc1ccc(OCc2c(C(F)F)cccc2-n2nnn(C)c2=O)c(C(F)F)c1. The van der Waals surface area contributed by atoms with Crippen molar-refractivity contribution in [3.05, 3.63) is 69.1 Å². The maximum absolute atomic E-state index is 13.5. The first-order valence-electron chi connectivity index (χ1n) is 8.20. The molecule has 0 aliphatic carbocycles. The predicted molar refractivity (Wildman–Crippen MR) is 92.0 cm³/mol. The van der Waals surface area contributed by atoms with E-state index in [9.17, 15) is 22.4 Å². The molecule has 0 unspecified atom stereocenters. The highest BCUT2D eigenvalue weighted by Gasteiger charge is 2.21. The molecule has 2 aromatic carbocycles. The molecule has 3 rings (SSSR count). The van der Waals surface area contributed by atoms with Crippen LogP contribution in [0.4, 0.5) is 17.6 Å². The third kappa shape index (κ3) is 3.75. The highest BCUT2D eigenvalue weighted by Crippen LogP contribution is 2.32. The van der Waals surface area contributed by atoms with Crippen molar-refractivity contribution in [2.45, 2.75) is 26.4 Å². The number of rotatable bonds is 6. The molecule has 0 fully saturated rings. The molecule has 148 valence electrons. The number of nitrogens with zero attached hydrogens (tertiary/aromatic N) is 4. The number of benzene rings is 2. The molecular weight excluding hydrogens is 380 g/mol. The van der Waals surface area contributed by atoms with E-state index in [1.807, 2.05) is 0 Å². The molecule has 0 aliphatic heterocycles. The molecule has 3 aromatic rings. The smallest absolute Gasteiger partial charge is 0.368 e. The van der Waals surface area contributed by atoms with Crippen LogP contribution in [0, 0.1) is 6.92 Å².